The Morgan fingerprint density at radius 2 is 1.63 bits per heavy atom. The second-order valence-electron chi connectivity index (χ2n) is 13.0. The summed E-state index contributed by atoms with van der Waals surface area (Å²) in [5.74, 6) is -0.162. The van der Waals surface area contributed by atoms with E-state index in [1.807, 2.05) is 68.4 Å². The van der Waals surface area contributed by atoms with Crippen molar-refractivity contribution >= 4 is 32.3 Å². The first-order valence-electron chi connectivity index (χ1n) is 14.6. The Bertz CT molecular complexity index is 1550. The standard InChI is InChI=1S/C32H42N2O7SeSi/c1-31(2,3)43(7,8)38-20-24-27-28(41-32(4,5)40-27)29(39-24)34-26(42-23-12-10-9-11-13-23)18-25(35)33(30(34)36)19-21-14-16-22(37-6)17-15-21/h9-18,24,27-29H,19-20H2,1-8H3/t24-,27?,28?,29-/m1/s1. The van der Waals surface area contributed by atoms with Crippen molar-refractivity contribution in [3.05, 3.63) is 87.1 Å². The van der Waals surface area contributed by atoms with Gasteiger partial charge in [0.15, 0.2) is 0 Å². The maximum absolute atomic E-state index is 14.3. The summed E-state index contributed by atoms with van der Waals surface area (Å²) in [4.78, 5) is 27.8. The molecule has 0 aliphatic carbocycles. The topological polar surface area (TPSA) is 90.2 Å². The fourth-order valence-electron chi connectivity index (χ4n) is 5.06. The third-order valence-electron chi connectivity index (χ3n) is 8.45. The molecule has 43 heavy (non-hydrogen) atoms. The number of nitrogens with zero attached hydrogens (tertiary/aromatic N) is 2. The molecule has 3 aromatic rings. The Balaban J connectivity index is 1.56. The van der Waals surface area contributed by atoms with E-state index in [9.17, 15) is 9.59 Å². The molecule has 3 heterocycles. The Labute approximate surface area is 260 Å². The SMILES string of the molecule is COc1ccc(Cn2c(=O)cc([Se]c3ccccc3)n([C@@H]3O[C@H](CO[Si](C)(C)C(C)(C)C)C4OC(C)(C)OC43)c2=O)cc1. The molecule has 0 bridgehead atoms. The number of benzene rings is 2. The van der Waals surface area contributed by atoms with E-state index in [4.69, 9.17) is 23.4 Å². The van der Waals surface area contributed by atoms with Crippen LogP contribution in [0.15, 0.2) is 70.3 Å². The molecule has 2 unspecified atom stereocenters. The average molecular weight is 674 g/mol. The Morgan fingerprint density at radius 1 is 0.977 bits per heavy atom. The normalized spacial score (nSPS) is 23.3. The van der Waals surface area contributed by atoms with Crippen molar-refractivity contribution in [2.24, 2.45) is 0 Å². The van der Waals surface area contributed by atoms with Gasteiger partial charge in [0.25, 0.3) is 0 Å². The summed E-state index contributed by atoms with van der Waals surface area (Å²) in [5.41, 5.74) is 0.000567. The van der Waals surface area contributed by atoms with Gasteiger partial charge in [-0.25, -0.2) is 0 Å². The van der Waals surface area contributed by atoms with E-state index in [2.05, 4.69) is 33.9 Å². The van der Waals surface area contributed by atoms with E-state index in [1.54, 1.807) is 17.7 Å². The number of fused-ring (bicyclic) bond motifs is 1. The van der Waals surface area contributed by atoms with Crippen LogP contribution in [-0.2, 0) is 25.2 Å². The van der Waals surface area contributed by atoms with Crippen LogP contribution in [0.3, 0.4) is 0 Å². The van der Waals surface area contributed by atoms with Gasteiger partial charge < -0.3 is 0 Å². The van der Waals surface area contributed by atoms with Gasteiger partial charge in [-0.2, -0.15) is 0 Å². The molecule has 0 saturated carbocycles. The summed E-state index contributed by atoms with van der Waals surface area (Å²) in [6.45, 7) is 15.2. The van der Waals surface area contributed by atoms with Crippen molar-refractivity contribution in [1.29, 1.82) is 0 Å². The van der Waals surface area contributed by atoms with Crippen LogP contribution in [-0.4, -0.2) is 70.2 Å². The van der Waals surface area contributed by atoms with Crippen molar-refractivity contribution in [2.75, 3.05) is 13.7 Å². The molecule has 0 radical (unpaired) electrons. The van der Waals surface area contributed by atoms with E-state index in [0.29, 0.717) is 16.9 Å². The van der Waals surface area contributed by atoms with E-state index < -0.39 is 44.3 Å². The predicted molar refractivity (Wildman–Crippen MR) is 169 cm³/mol. The molecule has 2 aliphatic heterocycles. The number of methoxy groups -OCH3 is 1. The minimum atomic E-state index is -2.09. The van der Waals surface area contributed by atoms with Crippen molar-refractivity contribution < 1.29 is 23.4 Å². The number of ether oxygens (including phenoxy) is 4. The third kappa shape index (κ3) is 6.78. The van der Waals surface area contributed by atoms with Crippen molar-refractivity contribution in [3.8, 4) is 5.75 Å². The van der Waals surface area contributed by atoms with Gasteiger partial charge in [-0.05, 0) is 0 Å². The first-order valence-corrected chi connectivity index (χ1v) is 19.2. The third-order valence-corrected chi connectivity index (χ3v) is 15.1. The predicted octanol–water partition coefficient (Wildman–Crippen LogP) is 3.16. The Morgan fingerprint density at radius 3 is 2.26 bits per heavy atom. The van der Waals surface area contributed by atoms with Gasteiger partial charge >= 0.3 is 261 Å². The molecule has 2 aliphatic rings. The second kappa shape index (κ2) is 12.1. The quantitative estimate of drug-likeness (QED) is 0.323. The Kier molecular flexibility index (Phi) is 8.99. The summed E-state index contributed by atoms with van der Waals surface area (Å²) >= 11 is -0.345. The van der Waals surface area contributed by atoms with Crippen LogP contribution in [0.5, 0.6) is 5.75 Å². The summed E-state index contributed by atoms with van der Waals surface area (Å²) in [6, 6.07) is 18.8. The maximum atomic E-state index is 14.3. The fourth-order valence-corrected chi connectivity index (χ4v) is 8.12. The monoisotopic (exact) mass is 674 g/mol. The van der Waals surface area contributed by atoms with E-state index >= 15 is 0 Å². The minimum absolute atomic E-state index is 0.0238. The van der Waals surface area contributed by atoms with Crippen molar-refractivity contribution in [1.82, 2.24) is 9.13 Å². The summed E-state index contributed by atoms with van der Waals surface area (Å²) < 4.78 is 35.7. The van der Waals surface area contributed by atoms with Gasteiger partial charge in [-0.15, -0.1) is 0 Å². The van der Waals surface area contributed by atoms with Crippen LogP contribution < -0.4 is 25.0 Å². The molecule has 0 amide bonds. The number of hydrogen-bond donors (Lipinski definition) is 0. The van der Waals surface area contributed by atoms with E-state index in [1.165, 1.54) is 4.57 Å². The molecular formula is C32H42N2O7SeSi. The van der Waals surface area contributed by atoms with Crippen LogP contribution >= 0.6 is 0 Å². The van der Waals surface area contributed by atoms with Crippen LogP contribution in [0.4, 0.5) is 0 Å². The van der Waals surface area contributed by atoms with Crippen LogP contribution in [0.2, 0.25) is 18.1 Å². The molecule has 11 heteroatoms. The molecule has 0 spiro atoms. The van der Waals surface area contributed by atoms with Gasteiger partial charge in [-0.1, -0.05) is 0 Å². The second-order valence-corrected chi connectivity index (χ2v) is 20.1. The van der Waals surface area contributed by atoms with Gasteiger partial charge in [0.2, 0.25) is 0 Å². The molecule has 2 saturated heterocycles. The Hall–Kier alpha value is -2.50. The summed E-state index contributed by atoms with van der Waals surface area (Å²) in [7, 11) is -0.491. The molecule has 5 rings (SSSR count). The molecule has 2 aromatic carbocycles. The first kappa shape index (κ1) is 31.9. The van der Waals surface area contributed by atoms with Crippen molar-refractivity contribution in [3.63, 3.8) is 0 Å². The molecule has 2 fully saturated rings. The zero-order valence-corrected chi connectivity index (χ0v) is 28.9. The number of rotatable bonds is 9. The average Bonchev–Trinajstić information content (AvgIpc) is 3.43. The van der Waals surface area contributed by atoms with E-state index in [-0.39, 0.29) is 32.1 Å². The zero-order chi connectivity index (χ0) is 31.2. The molecule has 0 N–H and O–H groups in total. The number of hydrogen-bond acceptors (Lipinski definition) is 7. The first-order chi connectivity index (χ1) is 20.2. The molecule has 1 aromatic heterocycles. The molecule has 232 valence electrons. The van der Waals surface area contributed by atoms with Crippen LogP contribution in [0, 0.1) is 0 Å². The molecule has 4 atom stereocenters. The molecule has 9 nitrogen and oxygen atoms in total. The van der Waals surface area contributed by atoms with Gasteiger partial charge in [0.05, 0.1) is 0 Å². The van der Waals surface area contributed by atoms with Crippen molar-refractivity contribution in [2.45, 2.75) is 89.6 Å². The van der Waals surface area contributed by atoms with Crippen LogP contribution in [0.25, 0.3) is 0 Å². The van der Waals surface area contributed by atoms with Crippen LogP contribution in [0.1, 0.15) is 46.4 Å². The number of aromatic nitrogens is 2. The summed E-state index contributed by atoms with van der Waals surface area (Å²) in [5, 5.41) is 0.0238. The van der Waals surface area contributed by atoms with Gasteiger partial charge in [-0.3, -0.25) is 0 Å². The van der Waals surface area contributed by atoms with Gasteiger partial charge in [0.1, 0.15) is 0 Å². The molecular weight excluding hydrogens is 631 g/mol. The fraction of sp³-hybridized carbons (Fsp3) is 0.500. The summed E-state index contributed by atoms with van der Waals surface area (Å²) in [6.07, 6.45) is -2.24. The zero-order valence-electron chi connectivity index (χ0n) is 26.2. The van der Waals surface area contributed by atoms with E-state index in [0.717, 1.165) is 10.0 Å². The van der Waals surface area contributed by atoms with Gasteiger partial charge in [0, 0.05) is 0 Å².